The van der Waals surface area contributed by atoms with Crippen LogP contribution < -0.4 is 10.9 Å². The molecule has 0 atom stereocenters. The van der Waals surface area contributed by atoms with Gasteiger partial charge in [-0.2, -0.15) is 0 Å². The van der Waals surface area contributed by atoms with Gasteiger partial charge in [-0.1, -0.05) is 42.3 Å². The number of para-hydroxylation sites is 1. The van der Waals surface area contributed by atoms with Crippen molar-refractivity contribution in [2.24, 2.45) is 0 Å². The van der Waals surface area contributed by atoms with Gasteiger partial charge in [0.15, 0.2) is 0 Å². The highest BCUT2D eigenvalue weighted by Gasteiger charge is 2.12. The molecule has 0 spiro atoms. The van der Waals surface area contributed by atoms with Crippen molar-refractivity contribution < 1.29 is 4.79 Å². The predicted molar refractivity (Wildman–Crippen MR) is 113 cm³/mol. The number of carbonyl (C=O) groups is 1. The lowest BCUT2D eigenvalue weighted by molar-refractivity contribution is -0.116. The van der Waals surface area contributed by atoms with Gasteiger partial charge in [-0.3, -0.25) is 14.5 Å². The molecule has 0 fully saturated rings. The Morgan fingerprint density at radius 3 is 2.79 bits per heavy atom. The van der Waals surface area contributed by atoms with E-state index in [0.29, 0.717) is 52.1 Å². The zero-order chi connectivity index (χ0) is 20.1. The molecule has 0 saturated heterocycles. The van der Waals surface area contributed by atoms with Gasteiger partial charge in [0.05, 0.1) is 28.2 Å². The van der Waals surface area contributed by atoms with E-state index in [4.69, 9.17) is 23.2 Å². The summed E-state index contributed by atoms with van der Waals surface area (Å²) in [5.41, 5.74) is 0.985. The highest BCUT2D eigenvalue weighted by Crippen LogP contribution is 2.25. The van der Waals surface area contributed by atoms with E-state index >= 15 is 0 Å². The maximum atomic E-state index is 12.3. The molecule has 0 aliphatic rings. The first kappa shape index (κ1) is 20.3. The van der Waals surface area contributed by atoms with Crippen LogP contribution in [0.3, 0.4) is 0 Å². The van der Waals surface area contributed by atoms with Crippen molar-refractivity contribution in [3.63, 3.8) is 0 Å². The largest absolute Gasteiger partial charge is 0.325 e. The average molecular weight is 419 g/mol. The molecule has 1 aromatic heterocycles. The zero-order valence-corrected chi connectivity index (χ0v) is 16.8. The van der Waals surface area contributed by atoms with Crippen LogP contribution in [-0.2, 0) is 11.3 Å². The van der Waals surface area contributed by atoms with Gasteiger partial charge in [-0.05, 0) is 36.9 Å². The number of aromatic amines is 1. The molecular weight excluding hydrogens is 399 g/mol. The first-order valence-electron chi connectivity index (χ1n) is 8.91. The predicted octanol–water partition coefficient (Wildman–Crippen LogP) is 4.08. The molecule has 0 saturated carbocycles. The average Bonchev–Trinajstić information content (AvgIpc) is 2.68. The van der Waals surface area contributed by atoms with Crippen molar-refractivity contribution in [2.45, 2.75) is 19.9 Å². The monoisotopic (exact) mass is 418 g/mol. The number of anilines is 1. The van der Waals surface area contributed by atoms with Crippen LogP contribution in [-0.4, -0.2) is 33.9 Å². The van der Waals surface area contributed by atoms with Crippen molar-refractivity contribution in [1.29, 1.82) is 0 Å². The van der Waals surface area contributed by atoms with Gasteiger partial charge in [0.25, 0.3) is 5.56 Å². The van der Waals surface area contributed by atoms with Crippen LogP contribution in [0.2, 0.25) is 10.0 Å². The second-order valence-electron chi connectivity index (χ2n) is 6.32. The lowest BCUT2D eigenvalue weighted by atomic mass is 10.2. The lowest BCUT2D eigenvalue weighted by Crippen LogP contribution is -2.29. The lowest BCUT2D eigenvalue weighted by Gasteiger charge is -2.19. The standard InChI is InChI=1S/C20H20Cl2N4O2/c1-2-26(10-9-19(27)24-17-11-13(21)7-8-15(17)22)12-18-23-16-6-4-3-5-14(16)20(28)25-18/h3-8,11H,2,9-10,12H2,1H3,(H,24,27)(H,23,25,28). The van der Waals surface area contributed by atoms with Crippen molar-refractivity contribution in [1.82, 2.24) is 14.9 Å². The van der Waals surface area contributed by atoms with Gasteiger partial charge in [0, 0.05) is 18.0 Å². The number of benzene rings is 2. The Balaban J connectivity index is 1.62. The summed E-state index contributed by atoms with van der Waals surface area (Å²) in [6.07, 6.45) is 0.272. The summed E-state index contributed by atoms with van der Waals surface area (Å²) in [5, 5.41) is 4.27. The molecule has 3 rings (SSSR count). The maximum absolute atomic E-state index is 12.3. The molecule has 1 heterocycles. The molecule has 0 radical (unpaired) electrons. The van der Waals surface area contributed by atoms with E-state index in [-0.39, 0.29) is 17.9 Å². The molecule has 28 heavy (non-hydrogen) atoms. The number of nitrogens with zero attached hydrogens (tertiary/aromatic N) is 2. The number of amides is 1. The number of hydrogen-bond acceptors (Lipinski definition) is 4. The third kappa shape index (κ3) is 5.10. The van der Waals surface area contributed by atoms with Crippen molar-refractivity contribution in [3.8, 4) is 0 Å². The van der Waals surface area contributed by atoms with E-state index in [1.807, 2.05) is 30.0 Å². The Morgan fingerprint density at radius 1 is 1.21 bits per heavy atom. The molecule has 8 heteroatoms. The van der Waals surface area contributed by atoms with Crippen molar-refractivity contribution in [3.05, 3.63) is 68.7 Å². The molecule has 2 N–H and O–H groups in total. The number of rotatable bonds is 7. The SMILES string of the molecule is CCN(CCC(=O)Nc1cc(Cl)ccc1Cl)Cc1nc2ccccc2c(=O)[nH]1. The molecule has 6 nitrogen and oxygen atoms in total. The first-order chi connectivity index (χ1) is 13.5. The number of H-pyrrole nitrogens is 1. The van der Waals surface area contributed by atoms with E-state index in [2.05, 4.69) is 15.3 Å². The van der Waals surface area contributed by atoms with Gasteiger partial charge in [0.1, 0.15) is 5.82 Å². The van der Waals surface area contributed by atoms with E-state index in [9.17, 15) is 9.59 Å². The maximum Gasteiger partial charge on any atom is 0.258 e. The van der Waals surface area contributed by atoms with E-state index < -0.39 is 0 Å². The van der Waals surface area contributed by atoms with E-state index in [1.54, 1.807) is 24.3 Å². The summed E-state index contributed by atoms with van der Waals surface area (Å²) in [6.45, 7) is 3.66. The fourth-order valence-electron chi connectivity index (χ4n) is 2.84. The number of nitrogens with one attached hydrogen (secondary N) is 2. The normalized spacial score (nSPS) is 11.1. The summed E-state index contributed by atoms with van der Waals surface area (Å²) in [6, 6.07) is 12.1. The van der Waals surface area contributed by atoms with Gasteiger partial charge >= 0.3 is 0 Å². The minimum absolute atomic E-state index is 0.162. The summed E-state index contributed by atoms with van der Waals surface area (Å²) < 4.78 is 0. The van der Waals surface area contributed by atoms with Gasteiger partial charge in [-0.25, -0.2) is 4.98 Å². The summed E-state index contributed by atoms with van der Waals surface area (Å²) in [5.74, 6) is 0.409. The first-order valence-corrected chi connectivity index (χ1v) is 9.67. The molecule has 0 unspecified atom stereocenters. The third-order valence-corrected chi connectivity index (χ3v) is 4.90. The fraction of sp³-hybridized carbons (Fsp3) is 0.250. The number of carbonyl (C=O) groups excluding carboxylic acids is 1. The van der Waals surface area contributed by atoms with E-state index in [0.717, 1.165) is 0 Å². The fourth-order valence-corrected chi connectivity index (χ4v) is 3.17. The number of halogens is 2. The molecule has 1 amide bonds. The third-order valence-electron chi connectivity index (χ3n) is 4.34. The Hall–Kier alpha value is -2.41. The topological polar surface area (TPSA) is 78.1 Å². The second-order valence-corrected chi connectivity index (χ2v) is 7.16. The highest BCUT2D eigenvalue weighted by molar-refractivity contribution is 6.35. The van der Waals surface area contributed by atoms with Gasteiger partial charge in [0.2, 0.25) is 5.91 Å². The Kier molecular flexibility index (Phi) is 6.67. The van der Waals surface area contributed by atoms with Gasteiger partial charge in [-0.15, -0.1) is 0 Å². The van der Waals surface area contributed by atoms with Gasteiger partial charge < -0.3 is 10.3 Å². The number of hydrogen-bond donors (Lipinski definition) is 2. The van der Waals surface area contributed by atoms with Crippen LogP contribution in [0, 0.1) is 0 Å². The highest BCUT2D eigenvalue weighted by atomic mass is 35.5. The Morgan fingerprint density at radius 2 is 2.00 bits per heavy atom. The zero-order valence-electron chi connectivity index (χ0n) is 15.3. The van der Waals surface area contributed by atoms with Crippen LogP contribution in [0.1, 0.15) is 19.2 Å². The second kappa shape index (κ2) is 9.19. The smallest absolute Gasteiger partial charge is 0.258 e. The molecule has 0 aliphatic heterocycles. The Bertz CT molecular complexity index is 1050. The Labute approximate surface area is 172 Å². The van der Waals surface area contributed by atoms with Crippen molar-refractivity contribution in [2.75, 3.05) is 18.4 Å². The molecule has 146 valence electrons. The summed E-state index contributed by atoms with van der Waals surface area (Å²) >= 11 is 12.0. The molecular formula is C20H20Cl2N4O2. The van der Waals surface area contributed by atoms with Crippen LogP contribution in [0.25, 0.3) is 10.9 Å². The van der Waals surface area contributed by atoms with Crippen LogP contribution >= 0.6 is 23.2 Å². The number of fused-ring (bicyclic) bond motifs is 1. The quantitative estimate of drug-likeness (QED) is 0.605. The van der Waals surface area contributed by atoms with Crippen LogP contribution in [0.4, 0.5) is 5.69 Å². The minimum atomic E-state index is -0.164. The molecule has 3 aromatic rings. The summed E-state index contributed by atoms with van der Waals surface area (Å²) in [4.78, 5) is 33.8. The van der Waals surface area contributed by atoms with Crippen molar-refractivity contribution >= 4 is 45.7 Å². The molecule has 0 aliphatic carbocycles. The minimum Gasteiger partial charge on any atom is -0.325 e. The number of aromatic nitrogens is 2. The molecule has 2 aromatic carbocycles. The summed E-state index contributed by atoms with van der Waals surface area (Å²) in [7, 11) is 0. The van der Waals surface area contributed by atoms with Crippen LogP contribution in [0.5, 0.6) is 0 Å². The van der Waals surface area contributed by atoms with E-state index in [1.165, 1.54) is 0 Å². The van der Waals surface area contributed by atoms with Crippen LogP contribution in [0.15, 0.2) is 47.3 Å². The molecule has 0 bridgehead atoms.